The quantitative estimate of drug-likeness (QED) is 0.866. The average Bonchev–Trinajstić information content (AvgIpc) is 3.10. The summed E-state index contributed by atoms with van der Waals surface area (Å²) in [7, 11) is -3.23. The SMILES string of the molecule is CCc1ccc(S(=O)(=O)C2(CN)CC2)cc1. The summed E-state index contributed by atoms with van der Waals surface area (Å²) < 4.78 is 23.9. The molecule has 2 N–H and O–H groups in total. The monoisotopic (exact) mass is 239 g/mol. The van der Waals surface area contributed by atoms with Crippen LogP contribution in [0.3, 0.4) is 0 Å². The molecule has 1 aliphatic carbocycles. The van der Waals surface area contributed by atoms with Gasteiger partial charge in [-0.15, -0.1) is 0 Å². The summed E-state index contributed by atoms with van der Waals surface area (Å²) in [6, 6.07) is 7.15. The number of benzene rings is 1. The van der Waals surface area contributed by atoms with Crippen molar-refractivity contribution in [1.29, 1.82) is 0 Å². The van der Waals surface area contributed by atoms with E-state index in [1.165, 1.54) is 0 Å². The van der Waals surface area contributed by atoms with Crippen molar-refractivity contribution in [2.45, 2.75) is 35.8 Å². The Morgan fingerprint density at radius 1 is 1.25 bits per heavy atom. The molecule has 16 heavy (non-hydrogen) atoms. The van der Waals surface area contributed by atoms with Gasteiger partial charge in [-0.2, -0.15) is 0 Å². The van der Waals surface area contributed by atoms with Crippen LogP contribution in [0.1, 0.15) is 25.3 Å². The largest absolute Gasteiger partial charge is 0.329 e. The van der Waals surface area contributed by atoms with Crippen LogP contribution >= 0.6 is 0 Å². The minimum atomic E-state index is -3.23. The molecule has 0 radical (unpaired) electrons. The summed E-state index contributed by atoms with van der Waals surface area (Å²) in [5.41, 5.74) is 6.72. The second-order valence-corrected chi connectivity index (χ2v) is 6.73. The molecule has 0 heterocycles. The normalized spacial score (nSPS) is 18.4. The van der Waals surface area contributed by atoms with Gasteiger partial charge in [-0.1, -0.05) is 19.1 Å². The number of rotatable bonds is 4. The Bertz CT molecular complexity index is 472. The molecule has 0 bridgehead atoms. The third-order valence-electron chi connectivity index (χ3n) is 3.39. The molecule has 88 valence electrons. The Morgan fingerprint density at radius 2 is 1.81 bits per heavy atom. The molecule has 0 aromatic heterocycles. The Morgan fingerprint density at radius 3 is 2.19 bits per heavy atom. The standard InChI is InChI=1S/C12H17NO2S/c1-2-10-3-5-11(6-4-10)16(14,15)12(9-13)7-8-12/h3-6H,2,7-9,13H2,1H3. The number of hydrogen-bond acceptors (Lipinski definition) is 3. The van der Waals surface area contributed by atoms with Crippen LogP contribution in [-0.4, -0.2) is 19.7 Å². The lowest BCUT2D eigenvalue weighted by Crippen LogP contribution is -2.31. The van der Waals surface area contributed by atoms with Gasteiger partial charge in [0.25, 0.3) is 0 Å². The van der Waals surface area contributed by atoms with Crippen molar-refractivity contribution in [3.05, 3.63) is 29.8 Å². The molecular weight excluding hydrogens is 222 g/mol. The van der Waals surface area contributed by atoms with E-state index in [0.29, 0.717) is 17.7 Å². The molecule has 0 spiro atoms. The van der Waals surface area contributed by atoms with Gasteiger partial charge in [0, 0.05) is 6.54 Å². The lowest BCUT2D eigenvalue weighted by molar-refractivity contribution is 0.577. The fourth-order valence-corrected chi connectivity index (χ4v) is 3.73. The maximum Gasteiger partial charge on any atom is 0.185 e. The van der Waals surface area contributed by atoms with Crippen LogP contribution in [0.25, 0.3) is 0 Å². The first-order chi connectivity index (χ1) is 7.55. The van der Waals surface area contributed by atoms with Gasteiger partial charge in [0.2, 0.25) is 0 Å². The molecule has 3 nitrogen and oxygen atoms in total. The molecule has 4 heteroatoms. The smallest absolute Gasteiger partial charge is 0.185 e. The minimum absolute atomic E-state index is 0.227. The van der Waals surface area contributed by atoms with Crippen LogP contribution in [0.4, 0.5) is 0 Å². The lowest BCUT2D eigenvalue weighted by Gasteiger charge is -2.14. The van der Waals surface area contributed by atoms with Gasteiger partial charge in [-0.25, -0.2) is 8.42 Å². The summed E-state index contributed by atoms with van der Waals surface area (Å²) in [6.07, 6.45) is 2.31. The van der Waals surface area contributed by atoms with Crippen LogP contribution in [-0.2, 0) is 16.3 Å². The van der Waals surface area contributed by atoms with Crippen LogP contribution in [0.2, 0.25) is 0 Å². The fraction of sp³-hybridized carbons (Fsp3) is 0.500. The van der Waals surface area contributed by atoms with Crippen molar-refractivity contribution in [3.63, 3.8) is 0 Å². The Labute approximate surface area is 96.6 Å². The topological polar surface area (TPSA) is 60.2 Å². The van der Waals surface area contributed by atoms with Gasteiger partial charge in [0.15, 0.2) is 9.84 Å². The van der Waals surface area contributed by atoms with Crippen molar-refractivity contribution in [2.75, 3.05) is 6.54 Å². The molecule has 1 aliphatic rings. The Balaban J connectivity index is 2.37. The summed E-state index contributed by atoms with van der Waals surface area (Å²) in [5, 5.41) is 0. The van der Waals surface area contributed by atoms with E-state index in [2.05, 4.69) is 0 Å². The summed E-state index contributed by atoms with van der Waals surface area (Å²) in [4.78, 5) is 0.410. The molecule has 1 fully saturated rings. The molecular formula is C12H17NO2S. The molecule has 1 aromatic carbocycles. The second-order valence-electron chi connectivity index (χ2n) is 4.39. The van der Waals surface area contributed by atoms with Crippen molar-refractivity contribution in [3.8, 4) is 0 Å². The molecule has 0 saturated heterocycles. The number of sulfone groups is 1. The molecule has 1 saturated carbocycles. The van der Waals surface area contributed by atoms with E-state index in [1.54, 1.807) is 12.1 Å². The van der Waals surface area contributed by atoms with E-state index in [0.717, 1.165) is 12.0 Å². The highest BCUT2D eigenvalue weighted by molar-refractivity contribution is 7.93. The third kappa shape index (κ3) is 1.66. The predicted molar refractivity (Wildman–Crippen MR) is 64.0 cm³/mol. The van der Waals surface area contributed by atoms with E-state index in [1.807, 2.05) is 19.1 Å². The van der Waals surface area contributed by atoms with Gasteiger partial charge < -0.3 is 5.73 Å². The first kappa shape index (κ1) is 11.6. The van der Waals surface area contributed by atoms with Crippen LogP contribution < -0.4 is 5.73 Å². The third-order valence-corrected chi connectivity index (χ3v) is 6.00. The van der Waals surface area contributed by atoms with Crippen molar-refractivity contribution < 1.29 is 8.42 Å². The van der Waals surface area contributed by atoms with E-state index in [4.69, 9.17) is 5.73 Å². The first-order valence-corrected chi connectivity index (χ1v) is 7.08. The zero-order valence-corrected chi connectivity index (χ0v) is 10.3. The van der Waals surface area contributed by atoms with Crippen molar-refractivity contribution in [2.24, 2.45) is 5.73 Å². The Hall–Kier alpha value is -0.870. The lowest BCUT2D eigenvalue weighted by atomic mass is 10.2. The predicted octanol–water partition coefficient (Wildman–Crippen LogP) is 1.51. The van der Waals surface area contributed by atoms with E-state index in [-0.39, 0.29) is 6.54 Å². The molecule has 0 aliphatic heterocycles. The summed E-state index contributed by atoms with van der Waals surface area (Å²) in [5.74, 6) is 0. The van der Waals surface area contributed by atoms with Gasteiger partial charge in [-0.3, -0.25) is 0 Å². The van der Waals surface area contributed by atoms with E-state index < -0.39 is 14.6 Å². The second kappa shape index (κ2) is 3.86. The Kier molecular flexibility index (Phi) is 2.80. The van der Waals surface area contributed by atoms with E-state index in [9.17, 15) is 8.42 Å². The highest BCUT2D eigenvalue weighted by Gasteiger charge is 2.53. The maximum atomic E-state index is 12.3. The molecule has 1 aromatic rings. The molecule has 0 unspecified atom stereocenters. The molecule has 0 atom stereocenters. The van der Waals surface area contributed by atoms with Crippen molar-refractivity contribution in [1.82, 2.24) is 0 Å². The zero-order valence-electron chi connectivity index (χ0n) is 9.44. The molecule has 2 rings (SSSR count). The number of nitrogens with two attached hydrogens (primary N) is 1. The van der Waals surface area contributed by atoms with Crippen LogP contribution in [0.15, 0.2) is 29.2 Å². The average molecular weight is 239 g/mol. The first-order valence-electron chi connectivity index (χ1n) is 5.59. The van der Waals surface area contributed by atoms with Gasteiger partial charge in [0.05, 0.1) is 9.64 Å². The summed E-state index contributed by atoms with van der Waals surface area (Å²) >= 11 is 0. The van der Waals surface area contributed by atoms with Gasteiger partial charge >= 0.3 is 0 Å². The van der Waals surface area contributed by atoms with Gasteiger partial charge in [-0.05, 0) is 37.0 Å². The fourth-order valence-electron chi connectivity index (χ4n) is 1.88. The van der Waals surface area contributed by atoms with Crippen LogP contribution in [0, 0.1) is 0 Å². The maximum absolute atomic E-state index is 12.3. The summed E-state index contributed by atoms with van der Waals surface area (Å²) in [6.45, 7) is 2.27. The highest BCUT2D eigenvalue weighted by atomic mass is 32.2. The van der Waals surface area contributed by atoms with Crippen LogP contribution in [0.5, 0.6) is 0 Å². The molecule has 0 amide bonds. The highest BCUT2D eigenvalue weighted by Crippen LogP contribution is 2.45. The van der Waals surface area contributed by atoms with Crippen molar-refractivity contribution >= 4 is 9.84 Å². The van der Waals surface area contributed by atoms with Gasteiger partial charge in [0.1, 0.15) is 0 Å². The minimum Gasteiger partial charge on any atom is -0.329 e. The zero-order chi connectivity index (χ0) is 11.8. The number of hydrogen-bond donors (Lipinski definition) is 1. The van der Waals surface area contributed by atoms with E-state index >= 15 is 0 Å². The number of aryl methyl sites for hydroxylation is 1.